The normalized spacial score (nSPS) is 24.3. The van der Waals surface area contributed by atoms with Gasteiger partial charge in [-0.2, -0.15) is 5.10 Å². The molecule has 0 radical (unpaired) electrons. The van der Waals surface area contributed by atoms with Crippen LogP contribution in [0.25, 0.3) is 10.9 Å². The summed E-state index contributed by atoms with van der Waals surface area (Å²) < 4.78 is 5.47. The molecule has 18 heavy (non-hydrogen) atoms. The van der Waals surface area contributed by atoms with Crippen molar-refractivity contribution in [3.63, 3.8) is 0 Å². The number of hydrogen-bond donors (Lipinski definition) is 2. The number of aromatic nitrogens is 2. The molecule has 2 unspecified atom stereocenters. The van der Waals surface area contributed by atoms with Crippen LogP contribution in [-0.4, -0.2) is 29.5 Å². The summed E-state index contributed by atoms with van der Waals surface area (Å²) in [6, 6.07) is 6.73. The topological polar surface area (TPSA) is 49.9 Å². The molecule has 1 heterocycles. The fraction of sp³-hybridized carbons (Fsp3) is 0.500. The van der Waals surface area contributed by atoms with Crippen LogP contribution in [0.1, 0.15) is 25.7 Å². The number of aromatic amines is 1. The molecule has 4 heteroatoms. The van der Waals surface area contributed by atoms with Gasteiger partial charge in [0.05, 0.1) is 17.8 Å². The van der Waals surface area contributed by atoms with Crippen LogP contribution in [-0.2, 0) is 4.74 Å². The van der Waals surface area contributed by atoms with E-state index in [0.717, 1.165) is 17.3 Å². The third-order valence-electron chi connectivity index (χ3n) is 3.80. The van der Waals surface area contributed by atoms with Crippen LogP contribution in [0, 0.1) is 0 Å². The minimum atomic E-state index is 0.403. The number of benzene rings is 1. The molecule has 1 aromatic carbocycles. The quantitative estimate of drug-likeness (QED) is 0.874. The van der Waals surface area contributed by atoms with E-state index in [0.29, 0.717) is 12.1 Å². The van der Waals surface area contributed by atoms with Gasteiger partial charge in [0.1, 0.15) is 0 Å². The average Bonchev–Trinajstić information content (AvgIpc) is 2.88. The van der Waals surface area contributed by atoms with E-state index in [-0.39, 0.29) is 0 Å². The second-order valence-corrected chi connectivity index (χ2v) is 5.00. The lowest BCUT2D eigenvalue weighted by Crippen LogP contribution is -2.31. The number of ether oxygens (including phenoxy) is 1. The van der Waals surface area contributed by atoms with Crippen LogP contribution in [0.15, 0.2) is 24.4 Å². The molecule has 0 saturated heterocycles. The Morgan fingerprint density at radius 1 is 1.39 bits per heavy atom. The van der Waals surface area contributed by atoms with Gasteiger partial charge in [-0.3, -0.25) is 5.10 Å². The first kappa shape index (κ1) is 11.5. The highest BCUT2D eigenvalue weighted by molar-refractivity contribution is 5.90. The van der Waals surface area contributed by atoms with Crippen molar-refractivity contribution < 1.29 is 4.74 Å². The van der Waals surface area contributed by atoms with Crippen molar-refractivity contribution in [2.24, 2.45) is 0 Å². The lowest BCUT2D eigenvalue weighted by atomic mass is 9.92. The van der Waals surface area contributed by atoms with Crippen molar-refractivity contribution in [3.05, 3.63) is 24.4 Å². The monoisotopic (exact) mass is 245 g/mol. The molecule has 1 aromatic heterocycles. The van der Waals surface area contributed by atoms with Gasteiger partial charge in [-0.1, -0.05) is 6.07 Å². The fourth-order valence-corrected chi connectivity index (χ4v) is 2.80. The van der Waals surface area contributed by atoms with Gasteiger partial charge in [-0.15, -0.1) is 0 Å². The van der Waals surface area contributed by atoms with E-state index >= 15 is 0 Å². The van der Waals surface area contributed by atoms with Crippen LogP contribution in [0.4, 0.5) is 5.69 Å². The van der Waals surface area contributed by atoms with E-state index in [2.05, 4.69) is 27.6 Å². The number of rotatable bonds is 3. The second-order valence-electron chi connectivity index (χ2n) is 5.00. The first-order valence-corrected chi connectivity index (χ1v) is 6.58. The van der Waals surface area contributed by atoms with Crippen LogP contribution in [0.2, 0.25) is 0 Å². The second kappa shape index (κ2) is 4.98. The molecule has 0 spiro atoms. The number of nitrogens with one attached hydrogen (secondary N) is 2. The summed E-state index contributed by atoms with van der Waals surface area (Å²) >= 11 is 0. The van der Waals surface area contributed by atoms with Crippen LogP contribution in [0.3, 0.4) is 0 Å². The van der Waals surface area contributed by atoms with Gasteiger partial charge in [0.2, 0.25) is 0 Å². The summed E-state index contributed by atoms with van der Waals surface area (Å²) in [5.41, 5.74) is 2.25. The maximum atomic E-state index is 5.47. The van der Waals surface area contributed by atoms with Crippen molar-refractivity contribution in [1.82, 2.24) is 10.2 Å². The number of fused-ring (bicyclic) bond motifs is 1. The zero-order chi connectivity index (χ0) is 12.4. The number of anilines is 1. The van der Waals surface area contributed by atoms with E-state index < -0.39 is 0 Å². The Labute approximate surface area is 107 Å². The molecule has 4 nitrogen and oxygen atoms in total. The number of nitrogens with zero attached hydrogens (tertiary/aromatic N) is 1. The Morgan fingerprint density at radius 3 is 3.22 bits per heavy atom. The van der Waals surface area contributed by atoms with Crippen molar-refractivity contribution >= 4 is 16.6 Å². The predicted octanol–water partition coefficient (Wildman–Crippen LogP) is 2.93. The summed E-state index contributed by atoms with van der Waals surface area (Å²) in [4.78, 5) is 0. The lowest BCUT2D eigenvalue weighted by Gasteiger charge is -2.29. The van der Waals surface area contributed by atoms with Gasteiger partial charge in [-0.05, 0) is 37.8 Å². The maximum absolute atomic E-state index is 5.47. The van der Waals surface area contributed by atoms with Crippen LogP contribution in [0.5, 0.6) is 0 Å². The molecular weight excluding hydrogens is 226 g/mol. The van der Waals surface area contributed by atoms with Gasteiger partial charge in [0.25, 0.3) is 0 Å². The Balaban J connectivity index is 1.77. The van der Waals surface area contributed by atoms with Gasteiger partial charge in [0.15, 0.2) is 0 Å². The lowest BCUT2D eigenvalue weighted by molar-refractivity contribution is 0.0669. The van der Waals surface area contributed by atoms with E-state index in [1.54, 1.807) is 0 Å². The standard InChI is InChI=1S/C14H19N3O/c1-18-11-5-2-4-10(8-11)16-13-6-3-7-14-12(13)9-15-17-14/h3,6-7,9-11,16H,2,4-5,8H2,1H3,(H,15,17). The highest BCUT2D eigenvalue weighted by Crippen LogP contribution is 2.27. The van der Waals surface area contributed by atoms with Crippen molar-refractivity contribution in [3.8, 4) is 0 Å². The Hall–Kier alpha value is -1.55. The molecule has 1 fully saturated rings. The average molecular weight is 245 g/mol. The summed E-state index contributed by atoms with van der Waals surface area (Å²) in [6.45, 7) is 0. The molecule has 2 aromatic rings. The van der Waals surface area contributed by atoms with Gasteiger partial charge in [0, 0.05) is 24.2 Å². The van der Waals surface area contributed by atoms with Crippen molar-refractivity contribution in [2.45, 2.75) is 37.8 Å². The third kappa shape index (κ3) is 2.20. The minimum absolute atomic E-state index is 0.403. The largest absolute Gasteiger partial charge is 0.382 e. The predicted molar refractivity (Wildman–Crippen MR) is 72.8 cm³/mol. The highest BCUT2D eigenvalue weighted by Gasteiger charge is 2.21. The zero-order valence-electron chi connectivity index (χ0n) is 10.6. The summed E-state index contributed by atoms with van der Waals surface area (Å²) in [5, 5.41) is 11.9. The molecular formula is C14H19N3O. The fourth-order valence-electron chi connectivity index (χ4n) is 2.80. The first-order valence-electron chi connectivity index (χ1n) is 6.58. The van der Waals surface area contributed by atoms with E-state index in [4.69, 9.17) is 4.74 Å². The third-order valence-corrected chi connectivity index (χ3v) is 3.80. The van der Waals surface area contributed by atoms with E-state index in [9.17, 15) is 0 Å². The molecule has 1 aliphatic rings. The van der Waals surface area contributed by atoms with E-state index in [1.807, 2.05) is 19.4 Å². The zero-order valence-corrected chi connectivity index (χ0v) is 10.6. The van der Waals surface area contributed by atoms with Crippen molar-refractivity contribution in [1.29, 1.82) is 0 Å². The smallest absolute Gasteiger partial charge is 0.0671 e. The molecule has 0 aliphatic heterocycles. The summed E-state index contributed by atoms with van der Waals surface area (Å²) in [6.07, 6.45) is 7.01. The SMILES string of the molecule is COC1CCCC(Nc2cccc3[nH]ncc23)C1. The van der Waals surface area contributed by atoms with Gasteiger partial charge in [-0.25, -0.2) is 0 Å². The molecule has 0 amide bonds. The molecule has 2 atom stereocenters. The number of hydrogen-bond acceptors (Lipinski definition) is 3. The molecule has 1 aliphatic carbocycles. The van der Waals surface area contributed by atoms with Crippen LogP contribution >= 0.6 is 0 Å². The van der Waals surface area contributed by atoms with Crippen LogP contribution < -0.4 is 5.32 Å². The Bertz CT molecular complexity index is 522. The Morgan fingerprint density at radius 2 is 2.33 bits per heavy atom. The molecule has 3 rings (SSSR count). The molecule has 2 N–H and O–H groups in total. The summed E-state index contributed by atoms with van der Waals surface area (Å²) in [5.74, 6) is 0. The minimum Gasteiger partial charge on any atom is -0.382 e. The molecule has 0 bridgehead atoms. The van der Waals surface area contributed by atoms with Gasteiger partial charge < -0.3 is 10.1 Å². The number of H-pyrrole nitrogens is 1. The van der Waals surface area contributed by atoms with E-state index in [1.165, 1.54) is 24.9 Å². The number of methoxy groups -OCH3 is 1. The van der Waals surface area contributed by atoms with Crippen molar-refractivity contribution in [2.75, 3.05) is 12.4 Å². The maximum Gasteiger partial charge on any atom is 0.0671 e. The molecule has 1 saturated carbocycles. The summed E-state index contributed by atoms with van der Waals surface area (Å²) in [7, 11) is 1.81. The first-order chi connectivity index (χ1) is 8.86. The highest BCUT2D eigenvalue weighted by atomic mass is 16.5. The Kier molecular flexibility index (Phi) is 3.19. The molecule has 96 valence electrons. The van der Waals surface area contributed by atoms with Gasteiger partial charge >= 0.3 is 0 Å².